The van der Waals surface area contributed by atoms with Gasteiger partial charge in [-0.3, -0.25) is 4.57 Å². The summed E-state index contributed by atoms with van der Waals surface area (Å²) in [5.74, 6) is 0.696. The lowest BCUT2D eigenvalue weighted by Gasteiger charge is -2.10. The van der Waals surface area contributed by atoms with E-state index in [-0.39, 0.29) is 0 Å². The molecular weight excluding hydrogens is 697 g/mol. The van der Waals surface area contributed by atoms with Crippen molar-refractivity contribution in [2.24, 2.45) is 0 Å². The van der Waals surface area contributed by atoms with Crippen molar-refractivity contribution in [2.75, 3.05) is 0 Å². The molecule has 0 N–H and O–H groups in total. The van der Waals surface area contributed by atoms with Gasteiger partial charge in [-0.25, -0.2) is 9.97 Å². The molecule has 0 atom stereocenters. The van der Waals surface area contributed by atoms with Gasteiger partial charge < -0.3 is 8.98 Å². The molecule has 12 aromatic rings. The number of aromatic nitrogens is 4. The van der Waals surface area contributed by atoms with E-state index in [0.717, 1.165) is 94.2 Å². The van der Waals surface area contributed by atoms with Gasteiger partial charge in [-0.1, -0.05) is 127 Å². The van der Waals surface area contributed by atoms with E-state index in [1.807, 2.05) is 30.3 Å². The number of benzene rings is 8. The summed E-state index contributed by atoms with van der Waals surface area (Å²) in [7, 11) is 0. The quantitative estimate of drug-likeness (QED) is 0.177. The maximum absolute atomic E-state index is 6.40. The number of para-hydroxylation sites is 3. The van der Waals surface area contributed by atoms with E-state index in [1.165, 1.54) is 10.8 Å². The molecule has 0 aliphatic carbocycles. The minimum atomic E-state index is 0.696. The Bertz CT molecular complexity index is 3490. The predicted molar refractivity (Wildman–Crippen MR) is 234 cm³/mol. The average Bonchev–Trinajstić information content (AvgIpc) is 3.93. The first-order valence-electron chi connectivity index (χ1n) is 19.2. The summed E-state index contributed by atoms with van der Waals surface area (Å²) >= 11 is 0. The molecule has 4 aromatic heterocycles. The van der Waals surface area contributed by atoms with Crippen LogP contribution in [-0.2, 0) is 0 Å². The monoisotopic (exact) mass is 728 g/mol. The van der Waals surface area contributed by atoms with Crippen LogP contribution in [0.15, 0.2) is 199 Å². The van der Waals surface area contributed by atoms with Gasteiger partial charge in [0.25, 0.3) is 0 Å². The fraction of sp³-hybridized carbons (Fsp3) is 0. The first kappa shape index (κ1) is 31.6. The van der Waals surface area contributed by atoms with Gasteiger partial charge in [-0.05, 0) is 71.8 Å². The summed E-state index contributed by atoms with van der Waals surface area (Å²) in [5.41, 5.74) is 13.3. The van der Waals surface area contributed by atoms with Crippen LogP contribution in [0.5, 0.6) is 0 Å². The Morgan fingerprint density at radius 3 is 1.61 bits per heavy atom. The van der Waals surface area contributed by atoms with Crippen LogP contribution in [0.3, 0.4) is 0 Å². The van der Waals surface area contributed by atoms with Gasteiger partial charge in [0.2, 0.25) is 0 Å². The second-order valence-electron chi connectivity index (χ2n) is 14.6. The summed E-state index contributed by atoms with van der Waals surface area (Å²) in [6.07, 6.45) is 0. The van der Waals surface area contributed by atoms with Crippen LogP contribution in [0, 0.1) is 0 Å². The maximum Gasteiger partial charge on any atom is 0.162 e. The third-order valence-electron chi connectivity index (χ3n) is 11.3. The molecule has 0 aliphatic heterocycles. The molecule has 266 valence electrons. The Hall–Kier alpha value is -7.76. The Balaban J connectivity index is 1.14. The zero-order valence-electron chi connectivity index (χ0n) is 30.7. The van der Waals surface area contributed by atoms with Crippen LogP contribution in [0.1, 0.15) is 0 Å². The molecule has 0 saturated heterocycles. The van der Waals surface area contributed by atoms with E-state index in [4.69, 9.17) is 14.4 Å². The van der Waals surface area contributed by atoms with Crippen molar-refractivity contribution >= 4 is 65.7 Å². The van der Waals surface area contributed by atoms with Crippen molar-refractivity contribution in [1.29, 1.82) is 0 Å². The van der Waals surface area contributed by atoms with Crippen LogP contribution in [0.2, 0.25) is 0 Å². The lowest BCUT2D eigenvalue weighted by atomic mass is 9.99. The van der Waals surface area contributed by atoms with Crippen LogP contribution in [-0.4, -0.2) is 19.1 Å². The Morgan fingerprint density at radius 1 is 0.351 bits per heavy atom. The standard InChI is InChI=1S/C52H32N4O/c1-5-15-33(16-6-1)50-49-43-30-36(26-28-45(43)56(38-21-11-4-12-22-38)52(49)54-51(53-50)34-17-7-2-8-18-34)35-25-27-44-40(29-35)41-31-42-39-23-13-14-24-47(39)57-48(42)32-46(41)55(44)37-19-9-3-10-20-37/h1-32H. The number of furan rings is 1. The van der Waals surface area contributed by atoms with E-state index < -0.39 is 0 Å². The van der Waals surface area contributed by atoms with E-state index in [0.29, 0.717) is 5.82 Å². The lowest BCUT2D eigenvalue weighted by Crippen LogP contribution is -1.99. The first-order chi connectivity index (χ1) is 28.3. The van der Waals surface area contributed by atoms with Crippen molar-refractivity contribution in [3.05, 3.63) is 194 Å². The molecule has 0 bridgehead atoms. The molecule has 0 radical (unpaired) electrons. The molecule has 57 heavy (non-hydrogen) atoms. The molecule has 0 spiro atoms. The van der Waals surface area contributed by atoms with Gasteiger partial charge in [0.15, 0.2) is 5.82 Å². The molecule has 5 nitrogen and oxygen atoms in total. The van der Waals surface area contributed by atoms with Crippen LogP contribution < -0.4 is 0 Å². The average molecular weight is 729 g/mol. The van der Waals surface area contributed by atoms with Gasteiger partial charge >= 0.3 is 0 Å². The first-order valence-corrected chi connectivity index (χ1v) is 19.2. The van der Waals surface area contributed by atoms with Crippen molar-refractivity contribution in [2.45, 2.75) is 0 Å². The Morgan fingerprint density at radius 2 is 0.912 bits per heavy atom. The second-order valence-corrected chi connectivity index (χ2v) is 14.6. The summed E-state index contributed by atoms with van der Waals surface area (Å²) in [5, 5.41) is 6.74. The number of hydrogen-bond donors (Lipinski definition) is 0. The van der Waals surface area contributed by atoms with Gasteiger partial charge in [0.05, 0.1) is 27.6 Å². The van der Waals surface area contributed by atoms with Gasteiger partial charge in [0.1, 0.15) is 16.8 Å². The van der Waals surface area contributed by atoms with Crippen LogP contribution in [0.25, 0.3) is 111 Å². The normalized spacial score (nSPS) is 11.9. The lowest BCUT2D eigenvalue weighted by molar-refractivity contribution is 0.669. The zero-order valence-corrected chi connectivity index (χ0v) is 30.7. The fourth-order valence-electron chi connectivity index (χ4n) is 8.72. The fourth-order valence-corrected chi connectivity index (χ4v) is 8.72. The topological polar surface area (TPSA) is 48.8 Å². The molecule has 5 heteroatoms. The van der Waals surface area contributed by atoms with Crippen molar-refractivity contribution in [3.63, 3.8) is 0 Å². The Labute approximate surface area is 327 Å². The molecule has 8 aromatic carbocycles. The van der Waals surface area contributed by atoms with Crippen molar-refractivity contribution < 1.29 is 4.42 Å². The molecule has 4 heterocycles. The third kappa shape index (κ3) is 4.89. The number of rotatable bonds is 5. The number of fused-ring (bicyclic) bond motifs is 9. The van der Waals surface area contributed by atoms with E-state index in [9.17, 15) is 0 Å². The zero-order chi connectivity index (χ0) is 37.5. The van der Waals surface area contributed by atoms with Crippen LogP contribution in [0.4, 0.5) is 0 Å². The molecular formula is C52H32N4O. The van der Waals surface area contributed by atoms with Crippen molar-refractivity contribution in [1.82, 2.24) is 19.1 Å². The van der Waals surface area contributed by atoms with E-state index >= 15 is 0 Å². The smallest absolute Gasteiger partial charge is 0.162 e. The predicted octanol–water partition coefficient (Wildman–Crippen LogP) is 13.6. The van der Waals surface area contributed by atoms with E-state index in [1.54, 1.807) is 0 Å². The molecule has 0 unspecified atom stereocenters. The molecule has 0 amide bonds. The molecule has 12 rings (SSSR count). The van der Waals surface area contributed by atoms with Crippen molar-refractivity contribution in [3.8, 4) is 45.1 Å². The van der Waals surface area contributed by atoms with Gasteiger partial charge in [0, 0.05) is 55.5 Å². The summed E-state index contributed by atoms with van der Waals surface area (Å²) < 4.78 is 11.0. The summed E-state index contributed by atoms with van der Waals surface area (Å²) in [6, 6.07) is 68.4. The highest BCUT2D eigenvalue weighted by molar-refractivity contribution is 6.19. The highest BCUT2D eigenvalue weighted by Gasteiger charge is 2.22. The highest BCUT2D eigenvalue weighted by Crippen LogP contribution is 2.42. The van der Waals surface area contributed by atoms with E-state index in [2.05, 4.69) is 173 Å². The number of nitrogens with zero attached hydrogens (tertiary/aromatic N) is 4. The maximum atomic E-state index is 6.40. The summed E-state index contributed by atoms with van der Waals surface area (Å²) in [6.45, 7) is 0. The second kappa shape index (κ2) is 12.4. The minimum Gasteiger partial charge on any atom is -0.456 e. The van der Waals surface area contributed by atoms with Gasteiger partial charge in [-0.2, -0.15) is 0 Å². The van der Waals surface area contributed by atoms with Gasteiger partial charge in [-0.15, -0.1) is 0 Å². The third-order valence-corrected chi connectivity index (χ3v) is 11.3. The molecule has 0 fully saturated rings. The largest absolute Gasteiger partial charge is 0.456 e. The van der Waals surface area contributed by atoms with Crippen LogP contribution >= 0.6 is 0 Å². The summed E-state index contributed by atoms with van der Waals surface area (Å²) in [4.78, 5) is 10.7. The molecule has 0 saturated carbocycles. The Kier molecular flexibility index (Phi) is 6.86. The molecule has 0 aliphatic rings. The highest BCUT2D eigenvalue weighted by atomic mass is 16.3. The SMILES string of the molecule is c1ccc(-c2nc(-c3ccccc3)c3c4cc(-c5ccc6c(c5)c5cc7c(cc5n6-c5ccccc5)oc5ccccc57)ccc4n(-c4ccccc4)c3n2)cc1. The number of hydrogen-bond acceptors (Lipinski definition) is 3. The minimum absolute atomic E-state index is 0.696.